The molecule has 1 aromatic heterocycles. The van der Waals surface area contributed by atoms with E-state index < -0.39 is 5.41 Å². The van der Waals surface area contributed by atoms with Gasteiger partial charge in [-0.2, -0.15) is 5.10 Å². The Bertz CT molecular complexity index is 633. The summed E-state index contributed by atoms with van der Waals surface area (Å²) in [5.74, 6) is 0. The molecule has 1 heterocycles. The number of nitrogens with zero attached hydrogens (tertiary/aromatic N) is 2. The first-order chi connectivity index (χ1) is 9.95. The Morgan fingerprint density at radius 2 is 1.81 bits per heavy atom. The summed E-state index contributed by atoms with van der Waals surface area (Å²) in [5, 5.41) is 24.8. The molecule has 4 nitrogen and oxygen atoms in total. The van der Waals surface area contributed by atoms with Crippen LogP contribution < -0.4 is 0 Å². The summed E-state index contributed by atoms with van der Waals surface area (Å²) in [5.41, 5.74) is 2.78. The van der Waals surface area contributed by atoms with E-state index in [1.165, 1.54) is 0 Å². The molecule has 2 aromatic rings. The van der Waals surface area contributed by atoms with E-state index in [1.54, 1.807) is 4.68 Å². The molecule has 0 aliphatic heterocycles. The van der Waals surface area contributed by atoms with Gasteiger partial charge in [-0.05, 0) is 25.0 Å². The average Bonchev–Trinajstić information content (AvgIpc) is 2.71. The number of aromatic nitrogens is 2. The highest BCUT2D eigenvalue weighted by molar-refractivity contribution is 6.31. The molecule has 2 N–H and O–H groups in total. The second-order valence-corrected chi connectivity index (χ2v) is 5.94. The minimum absolute atomic E-state index is 0.158. The Hall–Kier alpha value is -1.36. The molecule has 21 heavy (non-hydrogen) atoms. The van der Waals surface area contributed by atoms with Crippen molar-refractivity contribution in [2.45, 2.75) is 25.7 Å². The third-order valence-electron chi connectivity index (χ3n) is 4.09. The molecule has 0 fully saturated rings. The fourth-order valence-corrected chi connectivity index (χ4v) is 3.01. The standard InChI is InChI=1S/C16H21ClN2O2/c1-11-6-4-5-7-13(11)16(9-20,10-21)8-14-15(17)12(2)18-19(14)3/h4-7,20-21H,8-10H2,1-3H3. The van der Waals surface area contributed by atoms with E-state index >= 15 is 0 Å². The highest BCUT2D eigenvalue weighted by atomic mass is 35.5. The van der Waals surface area contributed by atoms with E-state index in [2.05, 4.69) is 5.10 Å². The number of aliphatic hydroxyl groups is 2. The van der Waals surface area contributed by atoms with E-state index in [0.717, 1.165) is 22.5 Å². The maximum absolute atomic E-state index is 9.97. The van der Waals surface area contributed by atoms with Crippen LogP contribution in [0.25, 0.3) is 0 Å². The highest BCUT2D eigenvalue weighted by Gasteiger charge is 2.34. The maximum Gasteiger partial charge on any atom is 0.0847 e. The lowest BCUT2D eigenvalue weighted by Crippen LogP contribution is -2.38. The summed E-state index contributed by atoms with van der Waals surface area (Å²) >= 11 is 6.31. The number of hydrogen-bond acceptors (Lipinski definition) is 3. The van der Waals surface area contributed by atoms with Crippen molar-refractivity contribution in [2.75, 3.05) is 13.2 Å². The first-order valence-corrected chi connectivity index (χ1v) is 7.29. The van der Waals surface area contributed by atoms with Crippen LogP contribution in [0.5, 0.6) is 0 Å². The van der Waals surface area contributed by atoms with Gasteiger partial charge in [0.25, 0.3) is 0 Å². The fourth-order valence-electron chi connectivity index (χ4n) is 2.79. The van der Waals surface area contributed by atoms with E-state index in [1.807, 2.05) is 45.2 Å². The van der Waals surface area contributed by atoms with Crippen molar-refractivity contribution in [1.82, 2.24) is 9.78 Å². The Labute approximate surface area is 130 Å². The summed E-state index contributed by atoms with van der Waals surface area (Å²) in [4.78, 5) is 0. The molecule has 0 saturated heterocycles. The monoisotopic (exact) mass is 308 g/mol. The third-order valence-corrected chi connectivity index (χ3v) is 4.58. The Kier molecular flexibility index (Phi) is 4.71. The zero-order valence-electron chi connectivity index (χ0n) is 12.6. The lowest BCUT2D eigenvalue weighted by Gasteiger charge is -2.32. The van der Waals surface area contributed by atoms with Crippen LogP contribution in [0.2, 0.25) is 5.02 Å². The van der Waals surface area contributed by atoms with Gasteiger partial charge in [-0.3, -0.25) is 4.68 Å². The van der Waals surface area contributed by atoms with Crippen molar-refractivity contribution in [1.29, 1.82) is 0 Å². The van der Waals surface area contributed by atoms with Crippen molar-refractivity contribution in [3.8, 4) is 0 Å². The van der Waals surface area contributed by atoms with Gasteiger partial charge < -0.3 is 10.2 Å². The van der Waals surface area contributed by atoms with Gasteiger partial charge in [0.2, 0.25) is 0 Å². The van der Waals surface area contributed by atoms with Gasteiger partial charge in [0.15, 0.2) is 0 Å². The van der Waals surface area contributed by atoms with Crippen LogP contribution in [0.4, 0.5) is 0 Å². The number of rotatable bonds is 5. The topological polar surface area (TPSA) is 58.3 Å². The van der Waals surface area contributed by atoms with Crippen LogP contribution in [-0.2, 0) is 18.9 Å². The molecule has 0 spiro atoms. The van der Waals surface area contributed by atoms with Crippen LogP contribution in [0, 0.1) is 13.8 Å². The molecule has 0 aliphatic carbocycles. The van der Waals surface area contributed by atoms with Crippen LogP contribution >= 0.6 is 11.6 Å². The summed E-state index contributed by atoms with van der Waals surface area (Å²) in [6.45, 7) is 3.51. The third kappa shape index (κ3) is 2.84. The van der Waals surface area contributed by atoms with E-state index in [9.17, 15) is 10.2 Å². The van der Waals surface area contributed by atoms with Gasteiger partial charge >= 0.3 is 0 Å². The van der Waals surface area contributed by atoms with Crippen molar-refractivity contribution in [2.24, 2.45) is 7.05 Å². The highest BCUT2D eigenvalue weighted by Crippen LogP contribution is 2.33. The molecule has 2 rings (SSSR count). The van der Waals surface area contributed by atoms with Crippen molar-refractivity contribution >= 4 is 11.6 Å². The number of hydrogen-bond donors (Lipinski definition) is 2. The maximum atomic E-state index is 9.97. The lowest BCUT2D eigenvalue weighted by molar-refractivity contribution is 0.114. The fraction of sp³-hybridized carbons (Fsp3) is 0.438. The Morgan fingerprint density at radius 3 is 2.29 bits per heavy atom. The zero-order chi connectivity index (χ0) is 15.6. The summed E-state index contributed by atoms with van der Waals surface area (Å²) in [6, 6.07) is 7.78. The summed E-state index contributed by atoms with van der Waals surface area (Å²) < 4.78 is 1.72. The van der Waals surface area contributed by atoms with E-state index in [0.29, 0.717) is 11.4 Å². The average molecular weight is 309 g/mol. The number of halogens is 1. The number of benzene rings is 1. The minimum atomic E-state index is -0.769. The molecule has 114 valence electrons. The van der Waals surface area contributed by atoms with Crippen LogP contribution in [0.3, 0.4) is 0 Å². The van der Waals surface area contributed by atoms with Gasteiger partial charge in [0, 0.05) is 18.9 Å². The largest absolute Gasteiger partial charge is 0.395 e. The predicted molar refractivity (Wildman–Crippen MR) is 83.7 cm³/mol. The van der Waals surface area contributed by atoms with Crippen LogP contribution in [-0.4, -0.2) is 33.2 Å². The smallest absolute Gasteiger partial charge is 0.0847 e. The van der Waals surface area contributed by atoms with Gasteiger partial charge in [-0.15, -0.1) is 0 Å². The predicted octanol–water partition coefficient (Wildman–Crippen LogP) is 2.16. The van der Waals surface area contributed by atoms with Gasteiger partial charge in [-0.25, -0.2) is 0 Å². The minimum Gasteiger partial charge on any atom is -0.395 e. The number of aryl methyl sites for hydroxylation is 3. The molecular weight excluding hydrogens is 288 g/mol. The molecule has 0 saturated carbocycles. The van der Waals surface area contributed by atoms with Crippen molar-refractivity contribution in [3.05, 3.63) is 51.8 Å². The summed E-state index contributed by atoms with van der Waals surface area (Å²) in [6.07, 6.45) is 0.432. The number of aliphatic hydroxyl groups excluding tert-OH is 2. The first kappa shape index (κ1) is 16.0. The van der Waals surface area contributed by atoms with Gasteiger partial charge in [-0.1, -0.05) is 35.9 Å². The molecule has 5 heteroatoms. The molecule has 1 aromatic carbocycles. The SMILES string of the molecule is Cc1ccccc1C(CO)(CO)Cc1c(Cl)c(C)nn1C. The molecule has 0 radical (unpaired) electrons. The van der Waals surface area contributed by atoms with Crippen LogP contribution in [0.1, 0.15) is 22.5 Å². The van der Waals surface area contributed by atoms with E-state index in [-0.39, 0.29) is 13.2 Å². The van der Waals surface area contributed by atoms with Gasteiger partial charge in [0.1, 0.15) is 0 Å². The van der Waals surface area contributed by atoms with Gasteiger partial charge in [0.05, 0.1) is 29.6 Å². The molecule has 0 aliphatic rings. The molecule has 0 amide bonds. The Balaban J connectivity index is 2.51. The zero-order valence-corrected chi connectivity index (χ0v) is 13.4. The normalized spacial score (nSPS) is 11.9. The molecule has 0 bridgehead atoms. The Morgan fingerprint density at radius 1 is 1.19 bits per heavy atom. The first-order valence-electron chi connectivity index (χ1n) is 6.91. The second-order valence-electron chi connectivity index (χ2n) is 5.56. The second kappa shape index (κ2) is 6.18. The molecule has 0 unspecified atom stereocenters. The summed E-state index contributed by atoms with van der Waals surface area (Å²) in [7, 11) is 1.82. The quantitative estimate of drug-likeness (QED) is 0.890. The lowest BCUT2D eigenvalue weighted by atomic mass is 9.76. The molecule has 0 atom stereocenters. The van der Waals surface area contributed by atoms with Crippen LogP contribution in [0.15, 0.2) is 24.3 Å². The van der Waals surface area contributed by atoms with Crippen molar-refractivity contribution < 1.29 is 10.2 Å². The molecular formula is C16H21ClN2O2. The van der Waals surface area contributed by atoms with E-state index in [4.69, 9.17) is 11.6 Å². The van der Waals surface area contributed by atoms with Crippen molar-refractivity contribution in [3.63, 3.8) is 0 Å².